The topological polar surface area (TPSA) is 38.3 Å². The van der Waals surface area contributed by atoms with Gasteiger partial charge in [-0.1, -0.05) is 12.1 Å². The number of rotatable bonds is 8. The standard InChI is InChI=1S/C14H20F3NO2S/c1-18-13(10-21(19)8-4-7-20-2)11-5-3-6-12(9-11)14(15,16)17/h3,5-6,9,13,18H,4,7-8,10H2,1-2H3. The minimum absolute atomic E-state index is 0.279. The van der Waals surface area contributed by atoms with Gasteiger partial charge in [0.2, 0.25) is 0 Å². The summed E-state index contributed by atoms with van der Waals surface area (Å²) in [6.45, 7) is 0.527. The Morgan fingerprint density at radius 3 is 2.67 bits per heavy atom. The lowest BCUT2D eigenvalue weighted by Crippen LogP contribution is -2.24. The van der Waals surface area contributed by atoms with Crippen molar-refractivity contribution in [1.29, 1.82) is 0 Å². The fourth-order valence-electron chi connectivity index (χ4n) is 1.91. The molecule has 0 saturated carbocycles. The van der Waals surface area contributed by atoms with Gasteiger partial charge in [0, 0.05) is 42.1 Å². The molecule has 21 heavy (non-hydrogen) atoms. The molecule has 0 heterocycles. The average molecular weight is 323 g/mol. The van der Waals surface area contributed by atoms with Gasteiger partial charge < -0.3 is 10.1 Å². The van der Waals surface area contributed by atoms with Gasteiger partial charge in [0.25, 0.3) is 0 Å². The summed E-state index contributed by atoms with van der Waals surface area (Å²) in [4.78, 5) is 0. The minimum atomic E-state index is -4.37. The van der Waals surface area contributed by atoms with E-state index in [4.69, 9.17) is 4.74 Å². The summed E-state index contributed by atoms with van der Waals surface area (Å²) < 4.78 is 54.9. The van der Waals surface area contributed by atoms with Crippen LogP contribution in [0.3, 0.4) is 0 Å². The number of hydrogen-bond donors (Lipinski definition) is 1. The van der Waals surface area contributed by atoms with Crippen LogP contribution >= 0.6 is 0 Å². The van der Waals surface area contributed by atoms with E-state index in [-0.39, 0.29) is 11.8 Å². The van der Waals surface area contributed by atoms with E-state index >= 15 is 0 Å². The average Bonchev–Trinajstić information content (AvgIpc) is 2.44. The maximum absolute atomic E-state index is 12.7. The van der Waals surface area contributed by atoms with Crippen molar-refractivity contribution in [2.24, 2.45) is 0 Å². The smallest absolute Gasteiger partial charge is 0.385 e. The first-order valence-corrected chi connectivity index (χ1v) is 8.05. The molecule has 2 atom stereocenters. The van der Waals surface area contributed by atoms with Crippen LogP contribution in [-0.2, 0) is 21.7 Å². The Morgan fingerprint density at radius 2 is 2.10 bits per heavy atom. The van der Waals surface area contributed by atoms with Crippen molar-refractivity contribution in [1.82, 2.24) is 5.32 Å². The molecular weight excluding hydrogens is 303 g/mol. The summed E-state index contributed by atoms with van der Waals surface area (Å²) in [7, 11) is 2.12. The summed E-state index contributed by atoms with van der Waals surface area (Å²) >= 11 is 0. The zero-order valence-electron chi connectivity index (χ0n) is 12.1. The third-order valence-electron chi connectivity index (χ3n) is 3.04. The Labute approximate surface area is 125 Å². The van der Waals surface area contributed by atoms with E-state index < -0.39 is 22.5 Å². The van der Waals surface area contributed by atoms with Crippen LogP contribution < -0.4 is 5.32 Å². The molecule has 1 aromatic rings. The Morgan fingerprint density at radius 1 is 1.38 bits per heavy atom. The minimum Gasteiger partial charge on any atom is -0.385 e. The zero-order valence-corrected chi connectivity index (χ0v) is 12.9. The van der Waals surface area contributed by atoms with E-state index in [0.29, 0.717) is 24.3 Å². The molecule has 120 valence electrons. The van der Waals surface area contributed by atoms with Gasteiger partial charge in [0.1, 0.15) is 0 Å². The first-order chi connectivity index (χ1) is 9.88. The number of nitrogens with one attached hydrogen (secondary N) is 1. The molecule has 0 aliphatic heterocycles. The van der Waals surface area contributed by atoms with Gasteiger partial charge >= 0.3 is 6.18 Å². The van der Waals surface area contributed by atoms with Gasteiger partial charge in [-0.3, -0.25) is 4.21 Å². The Balaban J connectivity index is 2.74. The lowest BCUT2D eigenvalue weighted by molar-refractivity contribution is -0.137. The van der Waals surface area contributed by atoms with Crippen LogP contribution in [0, 0.1) is 0 Å². The Bertz CT molecular complexity index is 466. The summed E-state index contributed by atoms with van der Waals surface area (Å²) in [5.74, 6) is 0.756. The molecule has 2 unspecified atom stereocenters. The number of alkyl halides is 3. The number of benzene rings is 1. The molecule has 3 nitrogen and oxygen atoms in total. The molecule has 0 radical (unpaired) electrons. The highest BCUT2D eigenvalue weighted by Crippen LogP contribution is 2.30. The molecule has 0 aromatic heterocycles. The number of methoxy groups -OCH3 is 1. The Hall–Kier alpha value is -0.920. The van der Waals surface area contributed by atoms with Crippen molar-refractivity contribution in [2.75, 3.05) is 32.3 Å². The maximum Gasteiger partial charge on any atom is 0.416 e. The van der Waals surface area contributed by atoms with E-state index in [9.17, 15) is 17.4 Å². The van der Waals surface area contributed by atoms with Crippen molar-refractivity contribution >= 4 is 10.8 Å². The molecule has 1 rings (SSSR count). The normalized spacial score (nSPS) is 14.9. The van der Waals surface area contributed by atoms with Crippen LogP contribution in [0.4, 0.5) is 13.2 Å². The van der Waals surface area contributed by atoms with Crippen molar-refractivity contribution < 1.29 is 22.1 Å². The van der Waals surface area contributed by atoms with E-state index in [1.165, 1.54) is 6.07 Å². The van der Waals surface area contributed by atoms with Crippen LogP contribution in [0.15, 0.2) is 24.3 Å². The second-order valence-corrected chi connectivity index (χ2v) is 6.24. The van der Waals surface area contributed by atoms with E-state index in [0.717, 1.165) is 12.1 Å². The summed E-state index contributed by atoms with van der Waals surface area (Å²) in [5.41, 5.74) is -0.196. The molecule has 0 bridgehead atoms. The highest BCUT2D eigenvalue weighted by atomic mass is 32.2. The van der Waals surface area contributed by atoms with Crippen LogP contribution in [0.25, 0.3) is 0 Å². The number of hydrogen-bond acceptors (Lipinski definition) is 3. The van der Waals surface area contributed by atoms with E-state index in [1.54, 1.807) is 20.2 Å². The fraction of sp³-hybridized carbons (Fsp3) is 0.571. The molecule has 0 fully saturated rings. The number of ether oxygens (including phenoxy) is 1. The SMILES string of the molecule is CNC(CS(=O)CCCOC)c1cccc(C(F)(F)F)c1. The predicted molar refractivity (Wildman–Crippen MR) is 77.6 cm³/mol. The molecule has 0 aliphatic rings. The zero-order chi connectivity index (χ0) is 15.9. The quantitative estimate of drug-likeness (QED) is 0.748. The molecular formula is C14H20F3NO2S. The predicted octanol–water partition coefficient (Wildman–Crippen LogP) is 2.75. The lowest BCUT2D eigenvalue weighted by atomic mass is 10.1. The van der Waals surface area contributed by atoms with E-state index in [1.807, 2.05) is 0 Å². The summed E-state index contributed by atoms with van der Waals surface area (Å²) in [5, 5.41) is 2.93. The lowest BCUT2D eigenvalue weighted by Gasteiger charge is -2.18. The summed E-state index contributed by atoms with van der Waals surface area (Å²) in [6.07, 6.45) is -3.70. The van der Waals surface area contributed by atoms with Gasteiger partial charge in [0.15, 0.2) is 0 Å². The van der Waals surface area contributed by atoms with Crippen molar-refractivity contribution in [2.45, 2.75) is 18.6 Å². The molecule has 0 amide bonds. The monoisotopic (exact) mass is 323 g/mol. The third-order valence-corrected chi connectivity index (χ3v) is 4.49. The summed E-state index contributed by atoms with van der Waals surface area (Å²) in [6, 6.07) is 4.76. The van der Waals surface area contributed by atoms with Crippen molar-refractivity contribution in [3.05, 3.63) is 35.4 Å². The van der Waals surface area contributed by atoms with Crippen molar-refractivity contribution in [3.63, 3.8) is 0 Å². The second-order valence-electron chi connectivity index (χ2n) is 4.62. The van der Waals surface area contributed by atoms with Gasteiger partial charge in [-0.15, -0.1) is 0 Å². The molecule has 0 spiro atoms. The molecule has 0 aliphatic carbocycles. The van der Waals surface area contributed by atoms with Gasteiger partial charge in [0.05, 0.1) is 5.56 Å². The molecule has 1 N–H and O–H groups in total. The second kappa shape index (κ2) is 8.51. The van der Waals surface area contributed by atoms with Crippen LogP contribution in [0.2, 0.25) is 0 Å². The highest BCUT2D eigenvalue weighted by Gasteiger charge is 2.31. The molecule has 1 aromatic carbocycles. The maximum atomic E-state index is 12.7. The van der Waals surface area contributed by atoms with Gasteiger partial charge in [-0.25, -0.2) is 0 Å². The largest absolute Gasteiger partial charge is 0.416 e. The highest BCUT2D eigenvalue weighted by molar-refractivity contribution is 7.85. The van der Waals surface area contributed by atoms with Gasteiger partial charge in [-0.2, -0.15) is 13.2 Å². The van der Waals surface area contributed by atoms with Gasteiger partial charge in [-0.05, 0) is 31.2 Å². The molecule has 7 heteroatoms. The first-order valence-electron chi connectivity index (χ1n) is 6.56. The molecule has 0 saturated heterocycles. The first kappa shape index (κ1) is 18.1. The fourth-order valence-corrected chi connectivity index (χ4v) is 3.25. The number of halogens is 3. The Kier molecular flexibility index (Phi) is 7.34. The van der Waals surface area contributed by atoms with Crippen LogP contribution in [-0.4, -0.2) is 36.5 Å². The third kappa shape index (κ3) is 6.15. The van der Waals surface area contributed by atoms with Crippen LogP contribution in [0.5, 0.6) is 0 Å². The van der Waals surface area contributed by atoms with Crippen molar-refractivity contribution in [3.8, 4) is 0 Å². The van der Waals surface area contributed by atoms with E-state index in [2.05, 4.69) is 5.32 Å². The van der Waals surface area contributed by atoms with Crippen LogP contribution in [0.1, 0.15) is 23.6 Å².